The highest BCUT2D eigenvalue weighted by molar-refractivity contribution is 6.32. The number of carbonyl (C=O) groups is 2. The van der Waals surface area contributed by atoms with Gasteiger partial charge in [-0.15, -0.1) is 0 Å². The number of pyridine rings is 1. The molecule has 13 heteroatoms. The minimum atomic E-state index is -1.09. The number of amides is 1. The van der Waals surface area contributed by atoms with E-state index in [2.05, 4.69) is 83.6 Å². The van der Waals surface area contributed by atoms with Crippen LogP contribution in [-0.2, 0) is 29.3 Å². The standard InChI is InChI=1S/C48H52ClN5O7/c1-31-36(30-60-45-23-44(59-29-34-20-33(24-50)25-51-26-34)37(21-43(45)49)27-52-28-39(55)22-46(56)57)8-6-10-41(31)42-11-7-9-40(32(42)2)35-12-14-38(15-13-35)53-16-18-54(19-17-53)47(58)61-48(3,4)5/h6-15,20-21,23,25-26,39,52,55H,16-19,22,27-30H2,1-5H3,(H,56,57)/t39-/m0/s1. The molecule has 6 rings (SSSR count). The summed E-state index contributed by atoms with van der Waals surface area (Å²) in [4.78, 5) is 31.8. The number of carboxylic acids is 1. The van der Waals surface area contributed by atoms with Crippen molar-refractivity contribution in [3.05, 3.63) is 130 Å². The van der Waals surface area contributed by atoms with Gasteiger partial charge < -0.3 is 39.5 Å². The van der Waals surface area contributed by atoms with Gasteiger partial charge in [0.15, 0.2) is 0 Å². The number of piperazine rings is 1. The number of hydrogen-bond donors (Lipinski definition) is 3. The number of aliphatic hydroxyl groups excluding tert-OH is 1. The van der Waals surface area contributed by atoms with Crippen molar-refractivity contribution in [2.45, 2.75) is 72.5 Å². The van der Waals surface area contributed by atoms with Crippen molar-refractivity contribution in [3.63, 3.8) is 0 Å². The van der Waals surface area contributed by atoms with Crippen molar-refractivity contribution in [2.75, 3.05) is 37.6 Å². The van der Waals surface area contributed by atoms with Crippen LogP contribution >= 0.6 is 11.6 Å². The number of ether oxygens (including phenoxy) is 3. The summed E-state index contributed by atoms with van der Waals surface area (Å²) in [5.41, 5.74) is 10.1. The Morgan fingerprint density at radius 2 is 1.54 bits per heavy atom. The van der Waals surface area contributed by atoms with Crippen molar-refractivity contribution in [1.82, 2.24) is 15.2 Å². The maximum Gasteiger partial charge on any atom is 0.410 e. The Bertz CT molecular complexity index is 2380. The number of nitrogens with one attached hydrogen (secondary N) is 1. The average Bonchev–Trinajstić information content (AvgIpc) is 3.23. The molecule has 1 amide bonds. The summed E-state index contributed by atoms with van der Waals surface area (Å²) in [5, 5.41) is 31.8. The summed E-state index contributed by atoms with van der Waals surface area (Å²) >= 11 is 6.79. The molecule has 3 N–H and O–H groups in total. The van der Waals surface area contributed by atoms with Crippen LogP contribution in [0.5, 0.6) is 11.5 Å². The third-order valence-corrected chi connectivity index (χ3v) is 10.8. The number of hydrogen-bond acceptors (Lipinski definition) is 10. The maximum atomic E-state index is 12.6. The topological polar surface area (TPSA) is 157 Å². The van der Waals surface area contributed by atoms with E-state index in [0.717, 1.165) is 57.7 Å². The molecule has 61 heavy (non-hydrogen) atoms. The Labute approximate surface area is 362 Å². The lowest BCUT2D eigenvalue weighted by Gasteiger charge is -2.36. The van der Waals surface area contributed by atoms with Crippen molar-refractivity contribution in [1.29, 1.82) is 5.26 Å². The zero-order valence-corrected chi connectivity index (χ0v) is 36.0. The minimum absolute atomic E-state index is 0.0533. The van der Waals surface area contributed by atoms with Gasteiger partial charge in [-0.25, -0.2) is 4.79 Å². The Hall–Kier alpha value is -6.13. The van der Waals surface area contributed by atoms with E-state index in [1.807, 2.05) is 32.9 Å². The molecule has 2 heterocycles. The maximum absolute atomic E-state index is 12.6. The van der Waals surface area contributed by atoms with Crippen LogP contribution in [0.1, 0.15) is 60.6 Å². The molecule has 0 spiro atoms. The first-order valence-electron chi connectivity index (χ1n) is 20.2. The van der Waals surface area contributed by atoms with Crippen LogP contribution in [0.15, 0.2) is 91.3 Å². The van der Waals surface area contributed by atoms with Gasteiger partial charge in [-0.3, -0.25) is 9.78 Å². The van der Waals surface area contributed by atoms with E-state index in [4.69, 9.17) is 30.9 Å². The van der Waals surface area contributed by atoms with Crippen LogP contribution in [0.2, 0.25) is 5.02 Å². The number of carbonyl (C=O) groups excluding carboxylic acids is 1. The molecule has 0 unspecified atom stereocenters. The van der Waals surface area contributed by atoms with Crippen LogP contribution in [0, 0.1) is 25.2 Å². The monoisotopic (exact) mass is 845 g/mol. The van der Waals surface area contributed by atoms with E-state index in [1.165, 1.54) is 6.20 Å². The zero-order chi connectivity index (χ0) is 43.7. The number of benzene rings is 4. The van der Waals surface area contributed by atoms with Crippen LogP contribution in [0.3, 0.4) is 0 Å². The lowest BCUT2D eigenvalue weighted by Crippen LogP contribution is -2.50. The molecule has 1 atom stereocenters. The van der Waals surface area contributed by atoms with Crippen LogP contribution in [-0.4, -0.2) is 76.6 Å². The molecule has 4 aromatic carbocycles. The van der Waals surface area contributed by atoms with Gasteiger partial charge in [0.25, 0.3) is 0 Å². The average molecular weight is 846 g/mol. The predicted octanol–water partition coefficient (Wildman–Crippen LogP) is 8.70. The number of aliphatic carboxylic acids is 1. The van der Waals surface area contributed by atoms with Gasteiger partial charge in [0.2, 0.25) is 0 Å². The molecule has 318 valence electrons. The van der Waals surface area contributed by atoms with E-state index in [9.17, 15) is 20.0 Å². The molecule has 0 bridgehead atoms. The molecule has 0 aliphatic carbocycles. The van der Waals surface area contributed by atoms with E-state index in [0.29, 0.717) is 46.3 Å². The quantitative estimate of drug-likeness (QED) is 0.0926. The van der Waals surface area contributed by atoms with Crippen molar-refractivity contribution < 1.29 is 34.0 Å². The number of aromatic nitrogens is 1. The number of halogens is 1. The lowest BCUT2D eigenvalue weighted by molar-refractivity contribution is -0.139. The van der Waals surface area contributed by atoms with Gasteiger partial charge in [0, 0.05) is 74.5 Å². The largest absolute Gasteiger partial charge is 0.488 e. The smallest absolute Gasteiger partial charge is 0.410 e. The first-order chi connectivity index (χ1) is 29.2. The Kier molecular flexibility index (Phi) is 14.5. The second-order valence-corrected chi connectivity index (χ2v) is 16.5. The van der Waals surface area contributed by atoms with E-state index >= 15 is 0 Å². The summed E-state index contributed by atoms with van der Waals surface area (Å²) in [6, 6.07) is 28.4. The van der Waals surface area contributed by atoms with Gasteiger partial charge >= 0.3 is 12.1 Å². The lowest BCUT2D eigenvalue weighted by atomic mass is 9.89. The number of aliphatic hydroxyl groups is 1. The SMILES string of the molecule is Cc1c(COc2cc(OCc3cncc(C#N)c3)c(CNC[C@@H](O)CC(=O)O)cc2Cl)cccc1-c1cccc(-c2ccc(N3CCN(C(=O)OC(C)(C)C)CC3)cc2)c1C. The molecule has 0 radical (unpaired) electrons. The number of anilines is 1. The van der Waals surface area contributed by atoms with Gasteiger partial charge in [-0.2, -0.15) is 5.26 Å². The number of nitrogens with zero attached hydrogens (tertiary/aromatic N) is 4. The van der Waals surface area contributed by atoms with Gasteiger partial charge in [-0.1, -0.05) is 60.1 Å². The fourth-order valence-corrected chi connectivity index (χ4v) is 7.49. The summed E-state index contributed by atoms with van der Waals surface area (Å²) in [6.07, 6.45) is 1.38. The molecule has 1 aliphatic heterocycles. The molecule has 12 nitrogen and oxygen atoms in total. The Balaban J connectivity index is 1.16. The van der Waals surface area contributed by atoms with Gasteiger partial charge in [0.1, 0.15) is 36.4 Å². The first kappa shape index (κ1) is 44.4. The molecule has 1 aliphatic rings. The van der Waals surface area contributed by atoms with Crippen molar-refractivity contribution in [3.8, 4) is 39.8 Å². The molecule has 0 saturated carbocycles. The molecule has 1 aromatic heterocycles. The summed E-state index contributed by atoms with van der Waals surface area (Å²) in [7, 11) is 0. The fraction of sp³-hybridized carbons (Fsp3) is 0.333. The molecule has 5 aromatic rings. The minimum Gasteiger partial charge on any atom is -0.488 e. The third-order valence-electron chi connectivity index (χ3n) is 10.5. The highest BCUT2D eigenvalue weighted by Crippen LogP contribution is 2.37. The van der Waals surface area contributed by atoms with E-state index in [1.54, 1.807) is 29.3 Å². The highest BCUT2D eigenvalue weighted by Gasteiger charge is 2.26. The first-order valence-corrected chi connectivity index (χ1v) is 20.6. The molecular weight excluding hydrogens is 794 g/mol. The number of nitriles is 1. The Morgan fingerprint density at radius 1 is 0.869 bits per heavy atom. The zero-order valence-electron chi connectivity index (χ0n) is 35.2. The van der Waals surface area contributed by atoms with E-state index in [-0.39, 0.29) is 38.8 Å². The van der Waals surface area contributed by atoms with Gasteiger partial charge in [0.05, 0.1) is 23.1 Å². The van der Waals surface area contributed by atoms with Crippen LogP contribution in [0.4, 0.5) is 10.5 Å². The van der Waals surface area contributed by atoms with Crippen molar-refractivity contribution >= 4 is 29.4 Å². The number of rotatable bonds is 15. The summed E-state index contributed by atoms with van der Waals surface area (Å²) in [5.74, 6) is -0.215. The summed E-state index contributed by atoms with van der Waals surface area (Å²) < 4.78 is 18.1. The van der Waals surface area contributed by atoms with Gasteiger partial charge in [-0.05, 0) is 97.8 Å². The normalized spacial score (nSPS) is 13.3. The van der Waals surface area contributed by atoms with Crippen LogP contribution < -0.4 is 19.7 Å². The second kappa shape index (κ2) is 20.0. The molecule has 1 saturated heterocycles. The molecule has 1 fully saturated rings. The van der Waals surface area contributed by atoms with Crippen LogP contribution in [0.25, 0.3) is 22.3 Å². The fourth-order valence-electron chi connectivity index (χ4n) is 7.25. The predicted molar refractivity (Wildman–Crippen MR) is 236 cm³/mol. The van der Waals surface area contributed by atoms with E-state index < -0.39 is 17.7 Å². The Morgan fingerprint density at radius 3 is 2.23 bits per heavy atom. The highest BCUT2D eigenvalue weighted by atomic mass is 35.5. The molecular formula is C48H52ClN5O7. The number of carboxylic acid groups (broad SMARTS) is 1. The second-order valence-electron chi connectivity index (χ2n) is 16.1. The van der Waals surface area contributed by atoms with Crippen molar-refractivity contribution in [2.24, 2.45) is 0 Å². The third kappa shape index (κ3) is 11.8. The summed E-state index contributed by atoms with van der Waals surface area (Å²) in [6.45, 7) is 13.2.